The van der Waals surface area contributed by atoms with E-state index in [-0.39, 0.29) is 18.2 Å². The molecule has 0 radical (unpaired) electrons. The fraction of sp³-hybridized carbons (Fsp3) is 0.476. The number of urea groups is 1. The van der Waals surface area contributed by atoms with Gasteiger partial charge in [0.1, 0.15) is 17.2 Å². The molecule has 10 heteroatoms. The molecule has 1 aliphatic carbocycles. The zero-order valence-corrected chi connectivity index (χ0v) is 17.4. The minimum atomic E-state index is -1.84. The largest absolute Gasteiger partial charge is 0.497 e. The van der Waals surface area contributed by atoms with Gasteiger partial charge in [0.25, 0.3) is 0 Å². The van der Waals surface area contributed by atoms with E-state index in [9.17, 15) is 20.1 Å². The Morgan fingerprint density at radius 2 is 1.94 bits per heavy atom. The number of ether oxygens (including phenoxy) is 1. The number of fused-ring (bicyclic) bond motifs is 2. The quantitative estimate of drug-likeness (QED) is 0.569. The van der Waals surface area contributed by atoms with E-state index < -0.39 is 40.3 Å². The SMILES string of the molecule is COc1ccc([C@@H]2C[C@@]34NC(=O)[C@@](C#N)([C@@H]3C(C)C)[C@@]2(C#N)C(=N)N4NC(N)=O)cc1. The summed E-state index contributed by atoms with van der Waals surface area (Å²) >= 11 is 0. The van der Waals surface area contributed by atoms with Crippen LogP contribution in [0.4, 0.5) is 4.79 Å². The van der Waals surface area contributed by atoms with Gasteiger partial charge in [-0.3, -0.25) is 10.2 Å². The van der Waals surface area contributed by atoms with E-state index in [1.165, 1.54) is 12.1 Å². The van der Waals surface area contributed by atoms with Gasteiger partial charge in [0, 0.05) is 18.3 Å². The molecular formula is C21H23N7O3. The number of methoxy groups -OCH3 is 1. The predicted molar refractivity (Wildman–Crippen MR) is 108 cm³/mol. The molecule has 5 atom stereocenters. The number of benzene rings is 1. The summed E-state index contributed by atoms with van der Waals surface area (Å²) in [6.45, 7) is 3.72. The van der Waals surface area contributed by atoms with Crippen LogP contribution in [0.5, 0.6) is 5.75 Å². The first-order chi connectivity index (χ1) is 14.7. The summed E-state index contributed by atoms with van der Waals surface area (Å²) < 4.78 is 5.22. The number of amides is 3. The number of nitrogens with zero attached hydrogens (tertiary/aromatic N) is 3. The number of piperidine rings is 2. The lowest BCUT2D eigenvalue weighted by Gasteiger charge is -2.64. The van der Waals surface area contributed by atoms with Crippen LogP contribution in [0.25, 0.3) is 0 Å². The zero-order chi connectivity index (χ0) is 22.8. The van der Waals surface area contributed by atoms with Gasteiger partial charge < -0.3 is 15.8 Å². The number of carbonyl (C=O) groups is 2. The Morgan fingerprint density at radius 3 is 2.42 bits per heavy atom. The van der Waals surface area contributed by atoms with Crippen LogP contribution in [0.15, 0.2) is 24.3 Å². The first-order valence-electron chi connectivity index (χ1n) is 9.90. The molecule has 0 unspecified atom stereocenters. The first kappa shape index (κ1) is 20.5. The molecule has 3 heterocycles. The molecule has 3 aliphatic heterocycles. The van der Waals surface area contributed by atoms with Gasteiger partial charge in [0.15, 0.2) is 10.8 Å². The summed E-state index contributed by atoms with van der Waals surface area (Å²) in [4.78, 5) is 25.2. The van der Waals surface area contributed by atoms with Gasteiger partial charge in [0.05, 0.1) is 19.2 Å². The molecule has 3 saturated heterocycles. The van der Waals surface area contributed by atoms with Crippen LogP contribution in [0.2, 0.25) is 0 Å². The topological polar surface area (TPSA) is 168 Å². The Balaban J connectivity index is 2.03. The van der Waals surface area contributed by atoms with Crippen molar-refractivity contribution in [3.8, 4) is 17.9 Å². The van der Waals surface area contributed by atoms with Crippen molar-refractivity contribution in [1.82, 2.24) is 15.8 Å². The number of hydrazine groups is 1. The highest BCUT2D eigenvalue weighted by Gasteiger charge is 2.86. The van der Waals surface area contributed by atoms with Crippen molar-refractivity contribution in [2.75, 3.05) is 7.11 Å². The number of nitrogens with one attached hydrogen (secondary N) is 3. The summed E-state index contributed by atoms with van der Waals surface area (Å²) in [7, 11) is 1.54. The van der Waals surface area contributed by atoms with Crippen LogP contribution in [-0.2, 0) is 4.79 Å². The van der Waals surface area contributed by atoms with Crippen molar-refractivity contribution < 1.29 is 14.3 Å². The molecule has 1 saturated carbocycles. The number of primary amides is 1. The molecule has 0 aromatic heterocycles. The molecule has 1 aromatic rings. The van der Waals surface area contributed by atoms with Crippen molar-refractivity contribution in [3.05, 3.63) is 29.8 Å². The second-order valence-electron chi connectivity index (χ2n) is 8.63. The number of carbonyl (C=O) groups excluding carboxylic acids is 2. The average Bonchev–Trinajstić information content (AvgIpc) is 2.92. The average molecular weight is 421 g/mol. The highest BCUT2D eigenvalue weighted by Crippen LogP contribution is 2.72. The lowest BCUT2D eigenvalue weighted by atomic mass is 9.42. The third kappa shape index (κ3) is 2.12. The molecule has 3 bridgehead atoms. The number of nitriles is 2. The van der Waals surface area contributed by atoms with Gasteiger partial charge >= 0.3 is 6.03 Å². The fourth-order valence-corrected chi connectivity index (χ4v) is 6.18. The summed E-state index contributed by atoms with van der Waals surface area (Å²) in [5.41, 5.74) is 3.59. The van der Waals surface area contributed by atoms with Crippen LogP contribution >= 0.6 is 0 Å². The van der Waals surface area contributed by atoms with E-state index in [2.05, 4.69) is 22.9 Å². The van der Waals surface area contributed by atoms with Crippen molar-refractivity contribution in [2.24, 2.45) is 28.4 Å². The van der Waals surface area contributed by atoms with Gasteiger partial charge in [-0.1, -0.05) is 26.0 Å². The summed E-state index contributed by atoms with van der Waals surface area (Å²) in [5.74, 6) is -1.83. The molecule has 4 fully saturated rings. The van der Waals surface area contributed by atoms with E-state index in [1.807, 2.05) is 13.8 Å². The normalized spacial score (nSPS) is 35.4. The van der Waals surface area contributed by atoms with Gasteiger partial charge in [-0.2, -0.15) is 10.5 Å². The number of nitrogens with two attached hydrogens (primary N) is 1. The molecule has 10 nitrogen and oxygen atoms in total. The van der Waals surface area contributed by atoms with Gasteiger partial charge in [-0.15, -0.1) is 0 Å². The molecule has 3 amide bonds. The second kappa shape index (κ2) is 6.35. The van der Waals surface area contributed by atoms with Gasteiger partial charge in [-0.05, 0) is 23.6 Å². The Hall–Kier alpha value is -3.79. The van der Waals surface area contributed by atoms with Crippen molar-refractivity contribution in [3.63, 3.8) is 0 Å². The highest BCUT2D eigenvalue weighted by molar-refractivity contribution is 6.06. The number of amidine groups is 1. The van der Waals surface area contributed by atoms with Gasteiger partial charge in [-0.25, -0.2) is 15.2 Å². The molecule has 5 rings (SSSR count). The maximum Gasteiger partial charge on any atom is 0.331 e. The Labute approximate surface area is 179 Å². The molecule has 1 aromatic carbocycles. The maximum atomic E-state index is 13.4. The van der Waals surface area contributed by atoms with E-state index in [0.29, 0.717) is 11.3 Å². The van der Waals surface area contributed by atoms with E-state index in [1.54, 1.807) is 24.3 Å². The number of hydrogen-bond donors (Lipinski definition) is 4. The number of rotatable bonds is 4. The van der Waals surface area contributed by atoms with Crippen molar-refractivity contribution >= 4 is 17.8 Å². The molecule has 4 aliphatic rings. The molecule has 31 heavy (non-hydrogen) atoms. The standard InChI is InChI=1S/C21H23N7O3/c1-11(2)15-20(10-23)17(29)26-21(15)8-14(12-4-6-13(31-3)7-5-12)19(20,9-22)16(24)28(21)27-18(25)30/h4-7,11,14-15,24H,8H2,1-3H3,(H,26,29)(H3,25,27,30)/t14-,15-,19+,20+,21-/m0/s1. The lowest BCUT2D eigenvalue weighted by Crippen LogP contribution is -2.80. The number of hydrogen-bond acceptors (Lipinski definition) is 6. The lowest BCUT2D eigenvalue weighted by molar-refractivity contribution is -0.135. The predicted octanol–water partition coefficient (Wildman–Crippen LogP) is 1.18. The smallest absolute Gasteiger partial charge is 0.331 e. The van der Waals surface area contributed by atoms with Crippen molar-refractivity contribution in [1.29, 1.82) is 15.9 Å². The minimum absolute atomic E-state index is 0.214. The third-order valence-corrected chi connectivity index (χ3v) is 7.08. The van der Waals surface area contributed by atoms with Crippen LogP contribution in [-0.4, -0.2) is 35.6 Å². The molecule has 5 N–H and O–H groups in total. The summed E-state index contributed by atoms with van der Waals surface area (Å²) in [5, 5.41) is 34.0. The monoisotopic (exact) mass is 421 g/mol. The maximum absolute atomic E-state index is 13.4. The van der Waals surface area contributed by atoms with E-state index in [0.717, 1.165) is 0 Å². The Morgan fingerprint density at radius 1 is 1.32 bits per heavy atom. The van der Waals surface area contributed by atoms with Crippen molar-refractivity contribution in [2.45, 2.75) is 31.8 Å². The fourth-order valence-electron chi connectivity index (χ4n) is 6.18. The molecular weight excluding hydrogens is 398 g/mol. The van der Waals surface area contributed by atoms with Crippen LogP contribution in [0.1, 0.15) is 31.7 Å². The second-order valence-corrected chi connectivity index (χ2v) is 8.63. The van der Waals surface area contributed by atoms with Crippen LogP contribution < -0.4 is 21.2 Å². The Kier molecular flexibility index (Phi) is 4.20. The zero-order valence-electron chi connectivity index (χ0n) is 17.4. The van der Waals surface area contributed by atoms with E-state index >= 15 is 0 Å². The molecule has 160 valence electrons. The van der Waals surface area contributed by atoms with Gasteiger partial charge in [0.2, 0.25) is 5.91 Å². The Bertz CT molecular complexity index is 1070. The third-order valence-electron chi connectivity index (χ3n) is 7.08. The summed E-state index contributed by atoms with van der Waals surface area (Å²) in [6.07, 6.45) is 0.216. The van der Waals surface area contributed by atoms with E-state index in [4.69, 9.17) is 15.9 Å². The van der Waals surface area contributed by atoms with Crippen LogP contribution in [0.3, 0.4) is 0 Å². The highest BCUT2D eigenvalue weighted by atomic mass is 16.5. The first-order valence-corrected chi connectivity index (χ1v) is 9.90. The summed E-state index contributed by atoms with van der Waals surface area (Å²) in [6, 6.07) is 10.5. The molecule has 1 spiro atoms. The minimum Gasteiger partial charge on any atom is -0.497 e. The van der Waals surface area contributed by atoms with Crippen LogP contribution in [0, 0.1) is 50.7 Å².